The fourth-order valence-electron chi connectivity index (χ4n) is 7.73. The summed E-state index contributed by atoms with van der Waals surface area (Å²) in [6.45, 7) is 4.65. The van der Waals surface area contributed by atoms with Crippen LogP contribution in [-0.4, -0.2) is 27.9 Å². The lowest BCUT2D eigenvalue weighted by Gasteiger charge is -2.50. The Hall–Kier alpha value is -2.18. The molecule has 0 aromatic heterocycles. The molecule has 3 aliphatic rings. The molecule has 200 valence electrons. The molecule has 1 N–H and O–H groups in total. The molecule has 5 atom stereocenters. The first-order valence-corrected chi connectivity index (χ1v) is 15.5. The summed E-state index contributed by atoms with van der Waals surface area (Å²) in [5.41, 5.74) is 3.79. The first kappa shape index (κ1) is 26.4. The number of aryl methyl sites for hydroxylation is 2. The second-order valence-electron chi connectivity index (χ2n) is 11.8. The molecule has 0 saturated heterocycles. The number of nitrogens with one attached hydrogen (secondary N) is 1. The van der Waals surface area contributed by atoms with E-state index in [4.69, 9.17) is 4.74 Å². The lowest BCUT2D eigenvalue weighted by molar-refractivity contribution is -0.129. The second-order valence-corrected chi connectivity index (χ2v) is 13.6. The number of hydrogen-bond donors (Lipinski definition) is 1. The molecule has 0 bridgehead atoms. The van der Waals surface area contributed by atoms with Gasteiger partial charge in [0.25, 0.3) is 0 Å². The molecule has 0 spiro atoms. The number of ether oxygens (including phenoxy) is 1. The smallest absolute Gasteiger partial charge is 0.240 e. The van der Waals surface area contributed by atoms with Crippen molar-refractivity contribution < 1.29 is 17.9 Å². The van der Waals surface area contributed by atoms with Gasteiger partial charge in [-0.1, -0.05) is 43.5 Å². The minimum absolute atomic E-state index is 0.167. The van der Waals surface area contributed by atoms with Crippen LogP contribution in [0.2, 0.25) is 0 Å². The molecule has 2 aromatic rings. The Morgan fingerprint density at radius 3 is 2.59 bits per heavy atom. The summed E-state index contributed by atoms with van der Waals surface area (Å²) in [4.78, 5) is 13.6. The van der Waals surface area contributed by atoms with Crippen molar-refractivity contribution in [1.29, 1.82) is 0 Å². The van der Waals surface area contributed by atoms with Crippen molar-refractivity contribution in [3.63, 3.8) is 0 Å². The number of unbranched alkanes of at least 4 members (excludes halogenated alkanes) is 2. The summed E-state index contributed by atoms with van der Waals surface area (Å²) in [5, 5.41) is 0. The number of sulfonamides is 1. The van der Waals surface area contributed by atoms with Gasteiger partial charge in [0.1, 0.15) is 11.5 Å². The van der Waals surface area contributed by atoms with E-state index in [1.54, 1.807) is 19.2 Å². The predicted octanol–water partition coefficient (Wildman–Crippen LogP) is 6.19. The molecule has 0 heterocycles. The molecule has 0 unspecified atom stereocenters. The van der Waals surface area contributed by atoms with Gasteiger partial charge in [0.15, 0.2) is 0 Å². The van der Waals surface area contributed by atoms with Crippen molar-refractivity contribution in [2.45, 2.75) is 82.4 Å². The van der Waals surface area contributed by atoms with Crippen LogP contribution in [0.3, 0.4) is 0 Å². The fourth-order valence-corrected chi connectivity index (χ4v) is 8.80. The van der Waals surface area contributed by atoms with Gasteiger partial charge in [-0.15, -0.1) is 0 Å². The maximum Gasteiger partial charge on any atom is 0.240 e. The highest BCUT2D eigenvalue weighted by Gasteiger charge is 2.58. The number of carbonyl (C=O) groups excluding carboxylic acids is 1. The van der Waals surface area contributed by atoms with Crippen LogP contribution in [0.4, 0.5) is 0 Å². The summed E-state index contributed by atoms with van der Waals surface area (Å²) in [6.07, 6.45) is 8.96. The maximum absolute atomic E-state index is 13.3. The van der Waals surface area contributed by atoms with Gasteiger partial charge in [-0.25, -0.2) is 13.1 Å². The van der Waals surface area contributed by atoms with Gasteiger partial charge in [-0.2, -0.15) is 0 Å². The third-order valence-electron chi connectivity index (χ3n) is 9.65. The Kier molecular flexibility index (Phi) is 7.52. The van der Waals surface area contributed by atoms with Gasteiger partial charge in [0.2, 0.25) is 10.0 Å². The minimum atomic E-state index is -3.46. The monoisotopic (exact) mass is 523 g/mol. The average Bonchev–Trinajstić information content (AvgIpc) is 3.15. The Labute approximate surface area is 222 Å². The Balaban J connectivity index is 1.17. The molecule has 2 fully saturated rings. The van der Waals surface area contributed by atoms with Gasteiger partial charge in [0, 0.05) is 18.4 Å². The van der Waals surface area contributed by atoms with Crippen LogP contribution in [0.25, 0.3) is 0 Å². The van der Waals surface area contributed by atoms with Gasteiger partial charge in [0.05, 0.1) is 12.0 Å². The number of rotatable bonds is 9. The van der Waals surface area contributed by atoms with Crippen molar-refractivity contribution in [1.82, 2.24) is 4.72 Å². The van der Waals surface area contributed by atoms with Crippen molar-refractivity contribution in [3.8, 4) is 5.75 Å². The Morgan fingerprint density at radius 1 is 1.05 bits per heavy atom. The van der Waals surface area contributed by atoms with E-state index in [1.165, 1.54) is 11.1 Å². The molecule has 0 aliphatic heterocycles. The minimum Gasteiger partial charge on any atom is -0.497 e. The number of benzene rings is 2. The van der Waals surface area contributed by atoms with E-state index in [-0.39, 0.29) is 5.41 Å². The summed E-state index contributed by atoms with van der Waals surface area (Å²) in [6, 6.07) is 13.5. The highest BCUT2D eigenvalue weighted by atomic mass is 32.2. The van der Waals surface area contributed by atoms with Crippen LogP contribution in [0.5, 0.6) is 5.75 Å². The average molecular weight is 524 g/mol. The number of fused-ring (bicyclic) bond motifs is 5. The quantitative estimate of drug-likeness (QED) is 0.398. The fraction of sp³-hybridized carbons (Fsp3) is 0.581. The van der Waals surface area contributed by atoms with Crippen molar-refractivity contribution in [3.05, 3.63) is 59.2 Å². The lowest BCUT2D eigenvalue weighted by Crippen LogP contribution is -2.44. The first-order valence-electron chi connectivity index (χ1n) is 14.0. The number of hydrogen-bond acceptors (Lipinski definition) is 4. The predicted molar refractivity (Wildman–Crippen MR) is 146 cm³/mol. The zero-order chi connectivity index (χ0) is 26.2. The number of carbonyl (C=O) groups is 1. The Morgan fingerprint density at radius 2 is 1.84 bits per heavy atom. The van der Waals surface area contributed by atoms with Crippen molar-refractivity contribution in [2.75, 3.05) is 13.7 Å². The molecule has 5 rings (SSSR count). The lowest BCUT2D eigenvalue weighted by atomic mass is 9.54. The highest BCUT2D eigenvalue weighted by Crippen LogP contribution is 2.62. The largest absolute Gasteiger partial charge is 0.497 e. The van der Waals surface area contributed by atoms with Crippen LogP contribution >= 0.6 is 0 Å². The standard InChI is InChI=1S/C31H41NO4S/c1-21-8-12-25(13-9-21)37(34,35)32-18-6-4-5-7-23-20-29(33)31(2)17-16-27-26-15-11-24(36-3)19-22(26)10-14-28(27)30(23)31/h8-9,11-13,15,19,23,27-28,30,32H,4-7,10,14,16-18,20H2,1-3H3/t23-,27-,28-,30+,31-/m1/s1. The van der Waals surface area contributed by atoms with Crippen molar-refractivity contribution >= 4 is 15.8 Å². The van der Waals surface area contributed by atoms with Crippen LogP contribution in [0.15, 0.2) is 47.4 Å². The molecular formula is C31H41NO4S. The molecule has 6 heteroatoms. The Bertz CT molecular complexity index is 1240. The second kappa shape index (κ2) is 10.5. The molecule has 2 aromatic carbocycles. The molecular weight excluding hydrogens is 482 g/mol. The normalized spacial score (nSPS) is 28.9. The summed E-state index contributed by atoms with van der Waals surface area (Å²) in [5.74, 6) is 3.47. The topological polar surface area (TPSA) is 72.5 Å². The van der Waals surface area contributed by atoms with Crippen LogP contribution in [0.1, 0.15) is 80.9 Å². The molecule has 0 radical (unpaired) electrons. The van der Waals surface area contributed by atoms with Crippen LogP contribution in [0, 0.1) is 30.1 Å². The third-order valence-corrected chi connectivity index (χ3v) is 11.1. The van der Waals surface area contributed by atoms with E-state index in [1.807, 2.05) is 19.1 Å². The van der Waals surface area contributed by atoms with E-state index >= 15 is 0 Å². The van der Waals surface area contributed by atoms with Gasteiger partial charge in [-0.3, -0.25) is 4.79 Å². The molecule has 0 amide bonds. The summed E-state index contributed by atoms with van der Waals surface area (Å²) < 4.78 is 33.2. The van der Waals surface area contributed by atoms with Crippen molar-refractivity contribution in [2.24, 2.45) is 23.2 Å². The number of Topliss-reactive ketones (excluding diaryl/α,β-unsaturated/α-hetero) is 1. The molecule has 5 nitrogen and oxygen atoms in total. The van der Waals surface area contributed by atoms with E-state index in [9.17, 15) is 13.2 Å². The van der Waals surface area contributed by atoms with Crippen LogP contribution in [-0.2, 0) is 21.2 Å². The third kappa shape index (κ3) is 5.12. The van der Waals surface area contributed by atoms with E-state index in [0.717, 1.165) is 69.1 Å². The SMILES string of the molecule is COc1ccc2c(c1)CC[C@H]1[C@@H]3[C@H](CCCCCNS(=O)(=O)c4ccc(C)cc4)CC(=O)[C@@]3(C)CC[C@H]21. The number of methoxy groups -OCH3 is 1. The zero-order valence-corrected chi connectivity index (χ0v) is 23.3. The summed E-state index contributed by atoms with van der Waals surface area (Å²) in [7, 11) is -1.73. The molecule has 2 saturated carbocycles. The maximum atomic E-state index is 13.3. The van der Waals surface area contributed by atoms with Gasteiger partial charge >= 0.3 is 0 Å². The van der Waals surface area contributed by atoms with E-state index < -0.39 is 10.0 Å². The van der Waals surface area contributed by atoms with Gasteiger partial charge < -0.3 is 4.74 Å². The zero-order valence-electron chi connectivity index (χ0n) is 22.5. The summed E-state index contributed by atoms with van der Waals surface area (Å²) >= 11 is 0. The van der Waals surface area contributed by atoms with E-state index in [2.05, 4.69) is 29.8 Å². The van der Waals surface area contributed by atoms with Crippen LogP contribution < -0.4 is 9.46 Å². The molecule has 3 aliphatic carbocycles. The molecule has 37 heavy (non-hydrogen) atoms. The van der Waals surface area contributed by atoms with E-state index in [0.29, 0.717) is 40.9 Å². The number of ketones is 1. The first-order chi connectivity index (χ1) is 17.7. The highest BCUT2D eigenvalue weighted by molar-refractivity contribution is 7.89. The van der Waals surface area contributed by atoms with Gasteiger partial charge in [-0.05, 0) is 105 Å².